The number of hydrogen-bond acceptors (Lipinski definition) is 6. The van der Waals surface area contributed by atoms with Crippen molar-refractivity contribution in [3.8, 4) is 11.8 Å². The summed E-state index contributed by atoms with van der Waals surface area (Å²) in [5.41, 5.74) is 6.59. The van der Waals surface area contributed by atoms with Crippen molar-refractivity contribution in [3.05, 3.63) is 0 Å². The van der Waals surface area contributed by atoms with Crippen LogP contribution >= 0.6 is 0 Å². The lowest BCUT2D eigenvalue weighted by molar-refractivity contribution is 0.377. The van der Waals surface area contributed by atoms with Crippen molar-refractivity contribution in [2.45, 2.75) is 0 Å². The monoisotopic (exact) mass is 168 g/mol. The molecule has 0 aliphatic carbocycles. The number of aromatic nitrogens is 4. The zero-order valence-corrected chi connectivity index (χ0v) is 5.68. The molecule has 0 saturated carbocycles. The van der Waals surface area contributed by atoms with Crippen molar-refractivity contribution in [1.82, 2.24) is 19.6 Å². The molecule has 0 aliphatic rings. The Bertz CT molecular complexity index is 442. The first-order valence-electron chi connectivity index (χ1n) is 2.96. The third kappa shape index (κ3) is 0.654. The predicted molar refractivity (Wildman–Crippen MR) is 35.5 cm³/mol. The summed E-state index contributed by atoms with van der Waals surface area (Å²) in [4.78, 5) is 7.10. The number of rotatable bonds is 1. The van der Waals surface area contributed by atoms with Crippen molar-refractivity contribution in [2.24, 2.45) is 5.11 Å². The van der Waals surface area contributed by atoms with E-state index in [-0.39, 0.29) is 11.7 Å². The summed E-state index contributed by atoms with van der Waals surface area (Å²) in [6.45, 7) is 0. The van der Waals surface area contributed by atoms with Crippen molar-refractivity contribution < 1.29 is 10.2 Å². The molecule has 2 aromatic rings. The SMILES string of the molecule is N=Nc1nc2nc(O)c(O)n2[nH]1. The van der Waals surface area contributed by atoms with Crippen LogP contribution in [0.25, 0.3) is 5.78 Å². The fourth-order valence-corrected chi connectivity index (χ4v) is 0.837. The second kappa shape index (κ2) is 1.94. The van der Waals surface area contributed by atoms with Crippen LogP contribution in [0.4, 0.5) is 5.95 Å². The summed E-state index contributed by atoms with van der Waals surface area (Å²) in [5, 5.41) is 23.4. The number of nitrogens with one attached hydrogen (secondary N) is 2. The van der Waals surface area contributed by atoms with Gasteiger partial charge in [-0.2, -0.15) is 14.5 Å². The third-order valence-corrected chi connectivity index (χ3v) is 1.34. The van der Waals surface area contributed by atoms with Gasteiger partial charge in [-0.25, -0.2) is 5.53 Å². The summed E-state index contributed by atoms with van der Waals surface area (Å²) in [5.74, 6) is -0.888. The van der Waals surface area contributed by atoms with Gasteiger partial charge in [0.2, 0.25) is 0 Å². The van der Waals surface area contributed by atoms with E-state index < -0.39 is 11.8 Å². The Kier molecular flexibility index (Phi) is 1.06. The van der Waals surface area contributed by atoms with Crippen molar-refractivity contribution >= 4 is 11.7 Å². The number of aromatic hydroxyl groups is 2. The molecular weight excluding hydrogens is 164 g/mol. The van der Waals surface area contributed by atoms with Gasteiger partial charge in [-0.05, 0) is 0 Å². The zero-order valence-electron chi connectivity index (χ0n) is 5.68. The van der Waals surface area contributed by atoms with E-state index in [2.05, 4.69) is 20.2 Å². The quantitative estimate of drug-likeness (QED) is 0.452. The first-order chi connectivity index (χ1) is 5.72. The molecule has 0 radical (unpaired) electrons. The molecule has 12 heavy (non-hydrogen) atoms. The van der Waals surface area contributed by atoms with Gasteiger partial charge >= 0.3 is 0 Å². The lowest BCUT2D eigenvalue weighted by atomic mass is 10.8. The molecule has 0 amide bonds. The molecule has 0 spiro atoms. The van der Waals surface area contributed by atoms with Crippen LogP contribution in [-0.2, 0) is 0 Å². The topological polar surface area (TPSA) is 123 Å². The number of aromatic amines is 1. The van der Waals surface area contributed by atoms with E-state index in [9.17, 15) is 0 Å². The van der Waals surface area contributed by atoms with Gasteiger partial charge in [-0.15, -0.1) is 5.11 Å². The predicted octanol–water partition coefficient (Wildman–Crippen LogP) is 0.131. The lowest BCUT2D eigenvalue weighted by Gasteiger charge is -1.85. The Hall–Kier alpha value is -2.12. The van der Waals surface area contributed by atoms with E-state index >= 15 is 0 Å². The molecule has 8 heteroatoms. The van der Waals surface area contributed by atoms with Crippen LogP contribution in [-0.4, -0.2) is 29.8 Å². The van der Waals surface area contributed by atoms with Crippen molar-refractivity contribution in [2.75, 3.05) is 0 Å². The van der Waals surface area contributed by atoms with Gasteiger partial charge in [0.15, 0.2) is 0 Å². The largest absolute Gasteiger partial charge is 0.489 e. The van der Waals surface area contributed by atoms with Gasteiger partial charge in [0.25, 0.3) is 23.5 Å². The molecular formula is C4H4N6O2. The highest BCUT2D eigenvalue weighted by atomic mass is 16.3. The molecule has 62 valence electrons. The van der Waals surface area contributed by atoms with Crippen LogP contribution < -0.4 is 0 Å². The Morgan fingerprint density at radius 2 is 2.17 bits per heavy atom. The summed E-state index contributed by atoms with van der Waals surface area (Å²) < 4.78 is 1.02. The molecule has 8 nitrogen and oxygen atoms in total. The number of nitrogens with zero attached hydrogens (tertiary/aromatic N) is 4. The Labute approximate surface area is 65.0 Å². The molecule has 0 saturated heterocycles. The average Bonchev–Trinajstić information content (AvgIpc) is 2.55. The number of fused-ring (bicyclic) bond motifs is 1. The highest BCUT2D eigenvalue weighted by molar-refractivity contribution is 5.43. The molecule has 0 unspecified atom stereocenters. The Balaban J connectivity index is 2.79. The van der Waals surface area contributed by atoms with Crippen molar-refractivity contribution in [1.29, 1.82) is 5.53 Å². The zero-order chi connectivity index (χ0) is 8.72. The van der Waals surface area contributed by atoms with E-state index in [1.807, 2.05) is 0 Å². The minimum Gasteiger partial charge on any atom is -0.489 e. The van der Waals surface area contributed by atoms with Gasteiger partial charge in [-0.1, -0.05) is 0 Å². The second-order valence-electron chi connectivity index (χ2n) is 2.05. The maximum atomic E-state index is 9.08. The minimum atomic E-state index is -0.509. The second-order valence-corrected chi connectivity index (χ2v) is 2.05. The minimum absolute atomic E-state index is 0.00722. The molecule has 2 heterocycles. The summed E-state index contributed by atoms with van der Waals surface area (Å²) in [7, 11) is 0. The van der Waals surface area contributed by atoms with Gasteiger partial charge in [0.05, 0.1) is 0 Å². The van der Waals surface area contributed by atoms with Crippen LogP contribution in [0.5, 0.6) is 11.8 Å². The van der Waals surface area contributed by atoms with Crippen LogP contribution in [0, 0.1) is 5.53 Å². The van der Waals surface area contributed by atoms with Crippen LogP contribution in [0.2, 0.25) is 0 Å². The maximum Gasteiger partial charge on any atom is 0.278 e. The first kappa shape index (κ1) is 6.58. The number of imidazole rings is 1. The lowest BCUT2D eigenvalue weighted by Crippen LogP contribution is -1.80. The van der Waals surface area contributed by atoms with E-state index in [1.54, 1.807) is 0 Å². The molecule has 4 N–H and O–H groups in total. The summed E-state index contributed by atoms with van der Waals surface area (Å²) in [6, 6.07) is 0. The molecule has 0 fully saturated rings. The van der Waals surface area contributed by atoms with Gasteiger partial charge in [0.1, 0.15) is 0 Å². The van der Waals surface area contributed by atoms with E-state index in [4.69, 9.17) is 15.7 Å². The molecule has 2 aromatic heterocycles. The summed E-state index contributed by atoms with van der Waals surface area (Å²) in [6.07, 6.45) is 0. The third-order valence-electron chi connectivity index (χ3n) is 1.34. The smallest absolute Gasteiger partial charge is 0.278 e. The van der Waals surface area contributed by atoms with E-state index in [0.29, 0.717) is 0 Å². The highest BCUT2D eigenvalue weighted by Crippen LogP contribution is 2.24. The van der Waals surface area contributed by atoms with Gasteiger partial charge in [0, 0.05) is 0 Å². The fraction of sp³-hybridized carbons (Fsp3) is 0. The fourth-order valence-electron chi connectivity index (χ4n) is 0.837. The average molecular weight is 168 g/mol. The normalized spacial score (nSPS) is 10.7. The molecule has 0 aliphatic heterocycles. The van der Waals surface area contributed by atoms with Crippen LogP contribution in [0.3, 0.4) is 0 Å². The van der Waals surface area contributed by atoms with Crippen LogP contribution in [0.15, 0.2) is 5.11 Å². The van der Waals surface area contributed by atoms with Crippen LogP contribution in [0.1, 0.15) is 0 Å². The summed E-state index contributed by atoms with van der Waals surface area (Å²) >= 11 is 0. The standard InChI is InChI=1S/C4H4N6O2/c5-8-3-7-4-6-1(11)2(12)10(4)9-3/h5,11-12H,(H,6,7,9). The van der Waals surface area contributed by atoms with Crippen molar-refractivity contribution in [3.63, 3.8) is 0 Å². The van der Waals surface area contributed by atoms with Gasteiger partial charge < -0.3 is 10.2 Å². The van der Waals surface area contributed by atoms with E-state index in [0.717, 1.165) is 4.52 Å². The molecule has 2 rings (SSSR count). The number of hydrogen-bond donors (Lipinski definition) is 4. The molecule has 0 aromatic carbocycles. The highest BCUT2D eigenvalue weighted by Gasteiger charge is 2.13. The first-order valence-corrected chi connectivity index (χ1v) is 2.96. The number of H-pyrrole nitrogens is 1. The molecule has 0 atom stereocenters. The Morgan fingerprint density at radius 3 is 2.75 bits per heavy atom. The van der Waals surface area contributed by atoms with Gasteiger partial charge in [-0.3, -0.25) is 5.10 Å². The van der Waals surface area contributed by atoms with E-state index in [1.165, 1.54) is 0 Å². The maximum absolute atomic E-state index is 9.08. The Morgan fingerprint density at radius 1 is 1.42 bits per heavy atom. The molecule has 0 bridgehead atoms.